The SMILES string of the molecule is CN(C)CCOCCNCc1ccc(Cl)c(Cl)c1. The lowest BCUT2D eigenvalue weighted by molar-refractivity contribution is 0.119. The van der Waals surface area contributed by atoms with Crippen molar-refractivity contribution in [1.82, 2.24) is 10.2 Å². The lowest BCUT2D eigenvalue weighted by Crippen LogP contribution is -2.23. The summed E-state index contributed by atoms with van der Waals surface area (Å²) in [6, 6.07) is 5.66. The lowest BCUT2D eigenvalue weighted by atomic mass is 10.2. The maximum atomic E-state index is 5.94. The summed E-state index contributed by atoms with van der Waals surface area (Å²) in [5, 5.41) is 4.48. The molecular formula is C13H20Cl2N2O. The van der Waals surface area contributed by atoms with Crippen LogP contribution in [-0.2, 0) is 11.3 Å². The molecule has 1 rings (SSSR count). The van der Waals surface area contributed by atoms with Crippen LogP contribution in [0.15, 0.2) is 18.2 Å². The molecule has 18 heavy (non-hydrogen) atoms. The standard InChI is InChI=1S/C13H20Cl2N2O/c1-17(2)6-8-18-7-5-16-10-11-3-4-12(14)13(15)9-11/h3-4,9,16H,5-8,10H2,1-2H3. The van der Waals surface area contributed by atoms with E-state index in [4.69, 9.17) is 27.9 Å². The van der Waals surface area contributed by atoms with Gasteiger partial charge in [-0.05, 0) is 31.8 Å². The van der Waals surface area contributed by atoms with Gasteiger partial charge in [-0.1, -0.05) is 29.3 Å². The second-order valence-corrected chi connectivity index (χ2v) is 5.16. The molecule has 0 aromatic heterocycles. The van der Waals surface area contributed by atoms with Crippen molar-refractivity contribution < 1.29 is 4.74 Å². The summed E-state index contributed by atoms with van der Waals surface area (Å²) in [5.41, 5.74) is 1.12. The first-order valence-corrected chi connectivity index (χ1v) is 6.72. The van der Waals surface area contributed by atoms with E-state index in [-0.39, 0.29) is 0 Å². The topological polar surface area (TPSA) is 24.5 Å². The Bertz CT molecular complexity index is 359. The summed E-state index contributed by atoms with van der Waals surface area (Å²) in [7, 11) is 4.07. The van der Waals surface area contributed by atoms with Crippen molar-refractivity contribution in [2.24, 2.45) is 0 Å². The van der Waals surface area contributed by atoms with Crippen molar-refractivity contribution in [2.45, 2.75) is 6.54 Å². The van der Waals surface area contributed by atoms with Gasteiger partial charge in [-0.15, -0.1) is 0 Å². The molecule has 0 radical (unpaired) electrons. The van der Waals surface area contributed by atoms with Crippen LogP contribution in [0.2, 0.25) is 10.0 Å². The third-order valence-electron chi connectivity index (χ3n) is 2.42. The van der Waals surface area contributed by atoms with Crippen LogP contribution in [0.25, 0.3) is 0 Å². The van der Waals surface area contributed by atoms with E-state index in [2.05, 4.69) is 10.2 Å². The van der Waals surface area contributed by atoms with Crippen LogP contribution < -0.4 is 5.32 Å². The molecule has 5 heteroatoms. The molecule has 0 aliphatic heterocycles. The number of likely N-dealkylation sites (N-methyl/N-ethyl adjacent to an activating group) is 1. The van der Waals surface area contributed by atoms with Gasteiger partial charge in [-0.3, -0.25) is 0 Å². The summed E-state index contributed by atoms with van der Waals surface area (Å²) < 4.78 is 5.47. The molecule has 1 aromatic carbocycles. The third kappa shape index (κ3) is 6.57. The Morgan fingerprint density at radius 2 is 1.94 bits per heavy atom. The van der Waals surface area contributed by atoms with Crippen molar-refractivity contribution in [3.63, 3.8) is 0 Å². The Morgan fingerprint density at radius 3 is 2.61 bits per heavy atom. The lowest BCUT2D eigenvalue weighted by Gasteiger charge is -2.10. The summed E-state index contributed by atoms with van der Waals surface area (Å²) >= 11 is 11.8. The molecular weight excluding hydrogens is 271 g/mol. The largest absolute Gasteiger partial charge is 0.379 e. The average Bonchev–Trinajstić information content (AvgIpc) is 2.32. The highest BCUT2D eigenvalue weighted by molar-refractivity contribution is 6.42. The number of ether oxygens (including phenoxy) is 1. The summed E-state index contributed by atoms with van der Waals surface area (Å²) in [5.74, 6) is 0. The Balaban J connectivity index is 2.09. The fourth-order valence-corrected chi connectivity index (χ4v) is 1.70. The predicted octanol–water partition coefficient (Wildman–Crippen LogP) is 2.66. The van der Waals surface area contributed by atoms with Gasteiger partial charge in [0.05, 0.1) is 23.3 Å². The van der Waals surface area contributed by atoms with Crippen molar-refractivity contribution >= 4 is 23.2 Å². The number of hydrogen-bond donors (Lipinski definition) is 1. The molecule has 0 amide bonds. The van der Waals surface area contributed by atoms with Crippen molar-refractivity contribution in [1.29, 1.82) is 0 Å². The van der Waals surface area contributed by atoms with E-state index >= 15 is 0 Å². The monoisotopic (exact) mass is 290 g/mol. The zero-order valence-corrected chi connectivity index (χ0v) is 12.4. The van der Waals surface area contributed by atoms with Crippen molar-refractivity contribution in [3.8, 4) is 0 Å². The van der Waals surface area contributed by atoms with Gasteiger partial charge in [0.15, 0.2) is 0 Å². The van der Waals surface area contributed by atoms with Gasteiger partial charge in [0, 0.05) is 19.6 Å². The summed E-state index contributed by atoms with van der Waals surface area (Å²) in [6.07, 6.45) is 0. The second kappa shape index (κ2) is 8.73. The first kappa shape index (κ1) is 15.7. The van der Waals surface area contributed by atoms with Gasteiger partial charge in [0.1, 0.15) is 0 Å². The number of rotatable bonds is 8. The van der Waals surface area contributed by atoms with Crippen LogP contribution in [0.3, 0.4) is 0 Å². The fraction of sp³-hybridized carbons (Fsp3) is 0.538. The molecule has 1 aromatic rings. The molecule has 0 saturated carbocycles. The molecule has 0 bridgehead atoms. The van der Waals surface area contributed by atoms with Gasteiger partial charge in [0.2, 0.25) is 0 Å². The fourth-order valence-electron chi connectivity index (χ4n) is 1.38. The highest BCUT2D eigenvalue weighted by atomic mass is 35.5. The quantitative estimate of drug-likeness (QED) is 0.745. The Kier molecular flexibility index (Phi) is 7.63. The minimum absolute atomic E-state index is 0.590. The van der Waals surface area contributed by atoms with Crippen LogP contribution in [0, 0.1) is 0 Å². The molecule has 0 saturated heterocycles. The van der Waals surface area contributed by atoms with E-state index in [1.807, 2.05) is 32.3 Å². The van der Waals surface area contributed by atoms with E-state index < -0.39 is 0 Å². The van der Waals surface area contributed by atoms with Crippen molar-refractivity contribution in [2.75, 3.05) is 40.4 Å². The normalized spacial score (nSPS) is 11.2. The van der Waals surface area contributed by atoms with E-state index in [1.165, 1.54) is 0 Å². The number of nitrogens with zero attached hydrogens (tertiary/aromatic N) is 1. The van der Waals surface area contributed by atoms with Gasteiger partial charge in [-0.2, -0.15) is 0 Å². The smallest absolute Gasteiger partial charge is 0.0595 e. The summed E-state index contributed by atoms with van der Waals surface area (Å²) in [6.45, 7) is 4.03. The number of benzene rings is 1. The molecule has 0 aliphatic carbocycles. The molecule has 3 nitrogen and oxygen atoms in total. The Hall–Kier alpha value is -0.320. The Labute approximate surface area is 119 Å². The highest BCUT2D eigenvalue weighted by Crippen LogP contribution is 2.22. The molecule has 0 heterocycles. The number of nitrogens with one attached hydrogen (secondary N) is 1. The highest BCUT2D eigenvalue weighted by Gasteiger charge is 1.99. The maximum Gasteiger partial charge on any atom is 0.0595 e. The third-order valence-corrected chi connectivity index (χ3v) is 3.16. The van der Waals surface area contributed by atoms with Gasteiger partial charge in [0.25, 0.3) is 0 Å². The molecule has 0 aliphatic rings. The maximum absolute atomic E-state index is 5.94. The number of halogens is 2. The van der Waals surface area contributed by atoms with E-state index in [1.54, 1.807) is 0 Å². The zero-order valence-electron chi connectivity index (χ0n) is 10.9. The first-order valence-electron chi connectivity index (χ1n) is 5.96. The Morgan fingerprint density at radius 1 is 1.17 bits per heavy atom. The minimum atomic E-state index is 0.590. The van der Waals surface area contributed by atoms with Gasteiger partial charge < -0.3 is 15.0 Å². The van der Waals surface area contributed by atoms with Gasteiger partial charge >= 0.3 is 0 Å². The van der Waals surface area contributed by atoms with E-state index in [0.717, 1.165) is 38.4 Å². The first-order chi connectivity index (χ1) is 8.59. The minimum Gasteiger partial charge on any atom is -0.379 e. The molecule has 102 valence electrons. The van der Waals surface area contributed by atoms with E-state index in [0.29, 0.717) is 10.0 Å². The molecule has 0 atom stereocenters. The molecule has 0 unspecified atom stereocenters. The molecule has 0 spiro atoms. The van der Waals surface area contributed by atoms with Crippen LogP contribution in [0.5, 0.6) is 0 Å². The van der Waals surface area contributed by atoms with Gasteiger partial charge in [-0.25, -0.2) is 0 Å². The summed E-state index contributed by atoms with van der Waals surface area (Å²) in [4.78, 5) is 2.10. The van der Waals surface area contributed by atoms with Crippen LogP contribution in [0.4, 0.5) is 0 Å². The second-order valence-electron chi connectivity index (χ2n) is 4.34. The molecule has 0 fully saturated rings. The average molecular weight is 291 g/mol. The van der Waals surface area contributed by atoms with E-state index in [9.17, 15) is 0 Å². The van der Waals surface area contributed by atoms with Crippen LogP contribution in [0.1, 0.15) is 5.56 Å². The number of hydrogen-bond acceptors (Lipinski definition) is 3. The molecule has 1 N–H and O–H groups in total. The predicted molar refractivity (Wildman–Crippen MR) is 77.5 cm³/mol. The van der Waals surface area contributed by atoms with Crippen molar-refractivity contribution in [3.05, 3.63) is 33.8 Å². The zero-order chi connectivity index (χ0) is 13.4. The van der Waals surface area contributed by atoms with Crippen LogP contribution in [-0.4, -0.2) is 45.3 Å². The van der Waals surface area contributed by atoms with Crippen LogP contribution >= 0.6 is 23.2 Å².